The summed E-state index contributed by atoms with van der Waals surface area (Å²) in [6.45, 7) is 0.641. The molecular weight excluding hydrogens is 311 g/mol. The average Bonchev–Trinajstić information content (AvgIpc) is 2.60. The van der Waals surface area contributed by atoms with Gasteiger partial charge in [0, 0.05) is 11.6 Å². The Hall–Kier alpha value is -2.86. The van der Waals surface area contributed by atoms with E-state index in [4.69, 9.17) is 15.3 Å². The maximum atomic E-state index is 13.2. The first kappa shape index (κ1) is 16.0. The van der Waals surface area contributed by atoms with E-state index < -0.39 is 0 Å². The fraction of sp³-hybridized carbons (Fsp3) is 0.167. The third kappa shape index (κ3) is 3.72. The van der Waals surface area contributed by atoms with Crippen molar-refractivity contribution in [3.8, 4) is 11.5 Å². The van der Waals surface area contributed by atoms with E-state index >= 15 is 0 Å². The zero-order valence-corrected chi connectivity index (χ0v) is 12.9. The van der Waals surface area contributed by atoms with Crippen molar-refractivity contribution in [2.75, 3.05) is 6.61 Å². The molecule has 24 heavy (non-hydrogen) atoms. The van der Waals surface area contributed by atoms with E-state index in [0.717, 1.165) is 16.7 Å². The summed E-state index contributed by atoms with van der Waals surface area (Å²) in [5.41, 5.74) is 4.56. The lowest BCUT2D eigenvalue weighted by atomic mass is 9.99. The first-order chi connectivity index (χ1) is 11.7. The summed E-state index contributed by atoms with van der Waals surface area (Å²) >= 11 is 0. The van der Waals surface area contributed by atoms with Crippen LogP contribution in [-0.2, 0) is 11.4 Å². The quantitative estimate of drug-likeness (QED) is 0.503. The Bertz CT molecular complexity index is 790. The van der Waals surface area contributed by atoms with E-state index in [0.29, 0.717) is 18.1 Å². The molecule has 0 spiro atoms. The number of halogens is 1. The van der Waals surface area contributed by atoms with Crippen LogP contribution in [0, 0.1) is 5.82 Å². The molecule has 124 valence electrons. The zero-order chi connectivity index (χ0) is 16.9. The highest BCUT2D eigenvalue weighted by molar-refractivity contribution is 5.90. The van der Waals surface area contributed by atoms with Gasteiger partial charge in [-0.1, -0.05) is 12.1 Å². The van der Waals surface area contributed by atoms with E-state index in [1.54, 1.807) is 24.3 Å². The average molecular weight is 328 g/mol. The summed E-state index contributed by atoms with van der Waals surface area (Å²) < 4.78 is 24.5. The molecule has 0 saturated carbocycles. The number of nitrogens with one attached hydrogen (secondary N) is 1. The minimum atomic E-state index is -0.294. The molecule has 6 heteroatoms. The van der Waals surface area contributed by atoms with Crippen LogP contribution in [0.5, 0.6) is 11.5 Å². The van der Waals surface area contributed by atoms with Crippen molar-refractivity contribution in [2.45, 2.75) is 13.0 Å². The second-order valence-corrected chi connectivity index (χ2v) is 5.36. The molecule has 0 aromatic heterocycles. The van der Waals surface area contributed by atoms with Crippen LogP contribution in [0.3, 0.4) is 0 Å². The molecule has 0 saturated heterocycles. The molecule has 3 N–H and O–H groups in total. The lowest BCUT2D eigenvalue weighted by Crippen LogP contribution is -2.30. The maximum Gasteiger partial charge on any atom is 0.238 e. The third-order valence-corrected chi connectivity index (χ3v) is 3.67. The van der Waals surface area contributed by atoms with E-state index in [9.17, 15) is 9.18 Å². The van der Waals surface area contributed by atoms with Crippen molar-refractivity contribution in [2.24, 2.45) is 5.84 Å². The summed E-state index contributed by atoms with van der Waals surface area (Å²) in [5, 5.41) is 0. The monoisotopic (exact) mass is 328 g/mol. The number of hydrazine groups is 1. The lowest BCUT2D eigenvalue weighted by molar-refractivity contribution is -0.120. The highest BCUT2D eigenvalue weighted by Crippen LogP contribution is 2.34. The van der Waals surface area contributed by atoms with E-state index in [2.05, 4.69) is 5.43 Å². The van der Waals surface area contributed by atoms with Gasteiger partial charge in [-0.2, -0.15) is 0 Å². The normalized spacial score (nSPS) is 12.7. The number of hydrogen-bond acceptors (Lipinski definition) is 4. The van der Waals surface area contributed by atoms with Crippen LogP contribution < -0.4 is 20.7 Å². The second kappa shape index (κ2) is 7.14. The summed E-state index contributed by atoms with van der Waals surface area (Å²) in [5.74, 6) is 5.84. The Balaban J connectivity index is 1.72. The highest BCUT2D eigenvalue weighted by atomic mass is 19.1. The summed E-state index contributed by atoms with van der Waals surface area (Å²) in [6, 6.07) is 11.7. The fourth-order valence-electron chi connectivity index (χ4n) is 2.50. The largest absolute Gasteiger partial charge is 0.489 e. The van der Waals surface area contributed by atoms with Crippen LogP contribution in [0.15, 0.2) is 48.5 Å². The molecule has 0 radical (unpaired) electrons. The van der Waals surface area contributed by atoms with Crippen LogP contribution >= 0.6 is 0 Å². The van der Waals surface area contributed by atoms with Crippen molar-refractivity contribution in [1.82, 2.24) is 5.43 Å². The topological polar surface area (TPSA) is 73.6 Å². The molecule has 0 fully saturated rings. The first-order valence-corrected chi connectivity index (χ1v) is 7.48. The van der Waals surface area contributed by atoms with E-state index in [-0.39, 0.29) is 24.8 Å². The maximum absolute atomic E-state index is 13.2. The molecule has 0 unspecified atom stereocenters. The molecule has 0 atom stereocenters. The number of ether oxygens (including phenoxy) is 2. The number of benzene rings is 2. The Kier molecular flexibility index (Phi) is 4.77. The molecule has 5 nitrogen and oxygen atoms in total. The van der Waals surface area contributed by atoms with Gasteiger partial charge >= 0.3 is 0 Å². The molecule has 1 aliphatic rings. The number of rotatable bonds is 5. The standard InChI is InChI=1S/C18H17FN2O3/c19-14-3-1-2-12(8-14)11-24-15-4-5-16-13(9-18(22)21-20)6-7-23-17(16)10-15/h1-6,8,10H,7,9,11,20H2,(H,21,22). The van der Waals surface area contributed by atoms with Crippen LogP contribution in [0.2, 0.25) is 0 Å². The molecular formula is C18H17FN2O3. The van der Waals surface area contributed by atoms with Gasteiger partial charge in [0.2, 0.25) is 5.91 Å². The van der Waals surface area contributed by atoms with Crippen molar-refractivity contribution in [3.63, 3.8) is 0 Å². The van der Waals surface area contributed by atoms with Gasteiger partial charge in [0.05, 0.1) is 6.42 Å². The Labute approximate surface area is 138 Å². The number of carbonyl (C=O) groups excluding carboxylic acids is 1. The van der Waals surface area contributed by atoms with Gasteiger partial charge < -0.3 is 9.47 Å². The van der Waals surface area contributed by atoms with Crippen LogP contribution in [0.4, 0.5) is 4.39 Å². The van der Waals surface area contributed by atoms with Crippen molar-refractivity contribution in [1.29, 1.82) is 0 Å². The second-order valence-electron chi connectivity index (χ2n) is 5.36. The Morgan fingerprint density at radius 1 is 1.29 bits per heavy atom. The van der Waals surface area contributed by atoms with E-state index in [1.807, 2.05) is 12.1 Å². The molecule has 2 aromatic rings. The molecule has 0 aliphatic carbocycles. The fourth-order valence-corrected chi connectivity index (χ4v) is 2.50. The summed E-state index contributed by atoms with van der Waals surface area (Å²) in [7, 11) is 0. The predicted octanol–water partition coefficient (Wildman–Crippen LogP) is 2.56. The number of nitrogens with two attached hydrogens (primary N) is 1. The zero-order valence-electron chi connectivity index (χ0n) is 12.9. The van der Waals surface area contributed by atoms with Crippen molar-refractivity contribution < 1.29 is 18.7 Å². The number of hydrogen-bond donors (Lipinski definition) is 2. The van der Waals surface area contributed by atoms with Crippen molar-refractivity contribution >= 4 is 11.5 Å². The highest BCUT2D eigenvalue weighted by Gasteiger charge is 2.17. The Morgan fingerprint density at radius 3 is 2.96 bits per heavy atom. The van der Waals surface area contributed by atoms with Crippen LogP contribution in [0.25, 0.3) is 5.57 Å². The van der Waals surface area contributed by atoms with Crippen LogP contribution in [0.1, 0.15) is 17.5 Å². The smallest absolute Gasteiger partial charge is 0.238 e. The number of carbonyl (C=O) groups is 1. The lowest BCUT2D eigenvalue weighted by Gasteiger charge is -2.19. The minimum Gasteiger partial charge on any atom is -0.489 e. The van der Waals surface area contributed by atoms with Gasteiger partial charge in [0.15, 0.2) is 0 Å². The van der Waals surface area contributed by atoms with Gasteiger partial charge in [-0.05, 0) is 41.5 Å². The predicted molar refractivity (Wildman–Crippen MR) is 87.6 cm³/mol. The third-order valence-electron chi connectivity index (χ3n) is 3.67. The van der Waals surface area contributed by atoms with Gasteiger partial charge in [-0.25, -0.2) is 10.2 Å². The van der Waals surface area contributed by atoms with Crippen LogP contribution in [-0.4, -0.2) is 12.5 Å². The summed E-state index contributed by atoms with van der Waals surface area (Å²) in [6.07, 6.45) is 2.04. The molecule has 1 heterocycles. The molecule has 1 amide bonds. The van der Waals surface area contributed by atoms with Gasteiger partial charge in [0.25, 0.3) is 0 Å². The first-order valence-electron chi connectivity index (χ1n) is 7.48. The summed E-state index contributed by atoms with van der Waals surface area (Å²) in [4.78, 5) is 11.5. The van der Waals surface area contributed by atoms with Gasteiger partial charge in [0.1, 0.15) is 30.5 Å². The van der Waals surface area contributed by atoms with Gasteiger partial charge in [-0.15, -0.1) is 0 Å². The van der Waals surface area contributed by atoms with E-state index in [1.165, 1.54) is 12.1 Å². The number of amides is 1. The van der Waals surface area contributed by atoms with Crippen molar-refractivity contribution in [3.05, 3.63) is 65.5 Å². The molecule has 0 bridgehead atoms. The molecule has 3 rings (SSSR count). The minimum absolute atomic E-state index is 0.191. The SMILES string of the molecule is NNC(=O)CC1=CCOc2cc(OCc3cccc(F)c3)ccc21. The molecule has 2 aromatic carbocycles. The van der Waals surface area contributed by atoms with Gasteiger partial charge in [-0.3, -0.25) is 10.2 Å². The molecule has 1 aliphatic heterocycles. The Morgan fingerprint density at radius 2 is 2.17 bits per heavy atom. The number of fused-ring (bicyclic) bond motifs is 1.